The van der Waals surface area contributed by atoms with Crippen LogP contribution in [-0.2, 0) is 6.61 Å². The smallest absolute Gasteiger partial charge is 0.175 e. The van der Waals surface area contributed by atoms with Crippen LogP contribution in [0.4, 0.5) is 0 Å². The molecule has 0 bridgehead atoms. The van der Waals surface area contributed by atoms with Gasteiger partial charge in [-0.05, 0) is 59.3 Å². The highest BCUT2D eigenvalue weighted by atomic mass is 79.9. The molecule has 4 rings (SSSR count). The van der Waals surface area contributed by atoms with E-state index in [0.717, 1.165) is 30.8 Å². The van der Waals surface area contributed by atoms with E-state index in [4.69, 9.17) is 37.7 Å². The minimum absolute atomic E-state index is 0.301. The Morgan fingerprint density at radius 3 is 2.62 bits per heavy atom. The molecule has 0 atom stereocenters. The fourth-order valence-corrected chi connectivity index (χ4v) is 4.85. The van der Waals surface area contributed by atoms with E-state index in [1.807, 2.05) is 43.3 Å². The Hall–Kier alpha value is -1.79. The molecule has 0 aliphatic rings. The van der Waals surface area contributed by atoms with Gasteiger partial charge in [0.05, 0.1) is 21.3 Å². The molecule has 148 valence electrons. The summed E-state index contributed by atoms with van der Waals surface area (Å²) in [6, 6.07) is 17.4. The number of ether oxygens (including phenoxy) is 2. The van der Waals surface area contributed by atoms with Crippen molar-refractivity contribution in [1.29, 1.82) is 0 Å². The van der Waals surface area contributed by atoms with E-state index in [-0.39, 0.29) is 0 Å². The molecule has 0 radical (unpaired) electrons. The quantitative estimate of drug-likeness (QED) is 0.264. The van der Waals surface area contributed by atoms with E-state index in [1.165, 1.54) is 0 Å². The van der Waals surface area contributed by atoms with Gasteiger partial charge in [0.15, 0.2) is 11.5 Å². The van der Waals surface area contributed by atoms with Gasteiger partial charge in [-0.3, -0.25) is 0 Å². The number of para-hydroxylation sites is 1. The van der Waals surface area contributed by atoms with Crippen LogP contribution in [0, 0.1) is 0 Å². The summed E-state index contributed by atoms with van der Waals surface area (Å²) < 4.78 is 13.9. The second kappa shape index (κ2) is 8.92. The fraction of sp³-hybridized carbons (Fsp3) is 0.136. The zero-order chi connectivity index (χ0) is 20.4. The van der Waals surface area contributed by atoms with Gasteiger partial charge < -0.3 is 9.47 Å². The molecule has 0 fully saturated rings. The van der Waals surface area contributed by atoms with Gasteiger partial charge in [-0.1, -0.05) is 41.4 Å². The molecule has 3 aromatic carbocycles. The lowest BCUT2D eigenvalue weighted by Crippen LogP contribution is -2.01. The molecule has 0 aliphatic heterocycles. The number of benzene rings is 3. The van der Waals surface area contributed by atoms with Crippen molar-refractivity contribution in [1.82, 2.24) is 4.98 Å². The Kier molecular flexibility index (Phi) is 6.30. The first kappa shape index (κ1) is 20.5. The lowest BCUT2D eigenvalue weighted by atomic mass is 10.2. The molecule has 0 aliphatic carbocycles. The van der Waals surface area contributed by atoms with Crippen LogP contribution in [0.5, 0.6) is 11.5 Å². The van der Waals surface area contributed by atoms with Crippen molar-refractivity contribution < 1.29 is 9.47 Å². The molecule has 7 heteroatoms. The number of hydrogen-bond acceptors (Lipinski definition) is 4. The van der Waals surface area contributed by atoms with Crippen molar-refractivity contribution in [3.8, 4) is 22.1 Å². The average Bonchev–Trinajstić information content (AvgIpc) is 3.13. The Balaban J connectivity index is 1.67. The first-order chi connectivity index (χ1) is 14.0. The summed E-state index contributed by atoms with van der Waals surface area (Å²) in [5.41, 5.74) is 2.80. The van der Waals surface area contributed by atoms with Gasteiger partial charge in [-0.2, -0.15) is 0 Å². The summed E-state index contributed by atoms with van der Waals surface area (Å²) in [6.07, 6.45) is 0. The topological polar surface area (TPSA) is 31.4 Å². The minimum atomic E-state index is 0.301. The van der Waals surface area contributed by atoms with Crippen molar-refractivity contribution in [3.05, 3.63) is 74.7 Å². The second-order valence-electron chi connectivity index (χ2n) is 6.23. The molecular formula is C22H16BrCl2NO2S. The highest BCUT2D eigenvalue weighted by Gasteiger charge is 2.16. The molecule has 1 aromatic heterocycles. The monoisotopic (exact) mass is 507 g/mol. The van der Waals surface area contributed by atoms with Crippen molar-refractivity contribution in [3.63, 3.8) is 0 Å². The van der Waals surface area contributed by atoms with Crippen LogP contribution >= 0.6 is 50.5 Å². The fourth-order valence-electron chi connectivity index (χ4n) is 2.88. The van der Waals surface area contributed by atoms with Crippen LogP contribution in [0.25, 0.3) is 20.8 Å². The van der Waals surface area contributed by atoms with Gasteiger partial charge in [0.1, 0.15) is 11.6 Å². The summed E-state index contributed by atoms with van der Waals surface area (Å²) >= 11 is 17.5. The number of rotatable bonds is 6. The third-order valence-corrected chi connectivity index (χ3v) is 6.50. The maximum Gasteiger partial charge on any atom is 0.175 e. The molecule has 0 unspecified atom stereocenters. The maximum atomic E-state index is 6.27. The van der Waals surface area contributed by atoms with Crippen LogP contribution in [0.1, 0.15) is 12.5 Å². The van der Waals surface area contributed by atoms with E-state index in [0.29, 0.717) is 34.8 Å². The second-order valence-corrected chi connectivity index (χ2v) is 8.96. The van der Waals surface area contributed by atoms with E-state index in [9.17, 15) is 0 Å². The van der Waals surface area contributed by atoms with Crippen molar-refractivity contribution >= 4 is 60.7 Å². The van der Waals surface area contributed by atoms with Gasteiger partial charge in [-0.15, -0.1) is 11.3 Å². The highest BCUT2D eigenvalue weighted by molar-refractivity contribution is 9.10. The first-order valence-electron chi connectivity index (χ1n) is 8.94. The summed E-state index contributed by atoms with van der Waals surface area (Å²) in [7, 11) is 0. The van der Waals surface area contributed by atoms with Crippen LogP contribution in [0.2, 0.25) is 10.0 Å². The third kappa shape index (κ3) is 4.53. The number of thiazole rings is 1. The van der Waals surface area contributed by atoms with Crippen molar-refractivity contribution in [2.24, 2.45) is 0 Å². The molecular weight excluding hydrogens is 493 g/mol. The van der Waals surface area contributed by atoms with Crippen LogP contribution in [-0.4, -0.2) is 11.6 Å². The zero-order valence-corrected chi connectivity index (χ0v) is 19.3. The van der Waals surface area contributed by atoms with Crippen LogP contribution in [0.15, 0.2) is 59.1 Å². The molecule has 0 saturated heterocycles. The van der Waals surface area contributed by atoms with E-state index >= 15 is 0 Å². The third-order valence-electron chi connectivity index (χ3n) is 4.24. The van der Waals surface area contributed by atoms with E-state index in [2.05, 4.69) is 22.0 Å². The largest absolute Gasteiger partial charge is 0.490 e. The van der Waals surface area contributed by atoms with Crippen molar-refractivity contribution in [2.75, 3.05) is 6.61 Å². The SMILES string of the molecule is CCOc1cc(-c2nc3ccccc3s2)cc(Br)c1OCc1ccc(Cl)cc1Cl. The average molecular weight is 509 g/mol. The molecule has 0 saturated carbocycles. The first-order valence-corrected chi connectivity index (χ1v) is 11.3. The Morgan fingerprint density at radius 2 is 1.86 bits per heavy atom. The molecule has 0 N–H and O–H groups in total. The molecule has 0 spiro atoms. The van der Waals surface area contributed by atoms with Gasteiger partial charge in [0, 0.05) is 21.2 Å². The van der Waals surface area contributed by atoms with Gasteiger partial charge >= 0.3 is 0 Å². The van der Waals surface area contributed by atoms with E-state index in [1.54, 1.807) is 23.5 Å². The van der Waals surface area contributed by atoms with Crippen LogP contribution < -0.4 is 9.47 Å². The number of fused-ring (bicyclic) bond motifs is 1. The lowest BCUT2D eigenvalue weighted by molar-refractivity contribution is 0.268. The highest BCUT2D eigenvalue weighted by Crippen LogP contribution is 2.42. The number of nitrogens with zero attached hydrogens (tertiary/aromatic N) is 1. The van der Waals surface area contributed by atoms with Gasteiger partial charge in [0.2, 0.25) is 0 Å². The molecule has 0 amide bonds. The predicted octanol–water partition coefficient (Wildman–Crippen LogP) is 8.01. The van der Waals surface area contributed by atoms with Crippen LogP contribution in [0.3, 0.4) is 0 Å². The predicted molar refractivity (Wildman–Crippen MR) is 125 cm³/mol. The molecule has 1 heterocycles. The molecule has 29 heavy (non-hydrogen) atoms. The standard InChI is InChI=1S/C22H16BrCl2NO2S/c1-2-27-19-10-14(22-26-18-5-3-4-6-20(18)29-22)9-16(23)21(19)28-12-13-7-8-15(24)11-17(13)25/h3-11H,2,12H2,1H3. The van der Waals surface area contributed by atoms with Gasteiger partial charge in [0.25, 0.3) is 0 Å². The normalized spacial score (nSPS) is 11.0. The number of hydrogen-bond donors (Lipinski definition) is 0. The Bertz CT molecular complexity index is 1150. The Labute approximate surface area is 191 Å². The minimum Gasteiger partial charge on any atom is -0.490 e. The summed E-state index contributed by atoms with van der Waals surface area (Å²) in [4.78, 5) is 4.74. The zero-order valence-electron chi connectivity index (χ0n) is 15.4. The summed E-state index contributed by atoms with van der Waals surface area (Å²) in [5.74, 6) is 1.28. The maximum absolute atomic E-state index is 6.27. The Morgan fingerprint density at radius 1 is 1.03 bits per heavy atom. The molecule has 4 aromatic rings. The summed E-state index contributed by atoms with van der Waals surface area (Å²) in [6.45, 7) is 2.76. The number of aromatic nitrogens is 1. The number of halogens is 3. The van der Waals surface area contributed by atoms with E-state index < -0.39 is 0 Å². The van der Waals surface area contributed by atoms with Crippen molar-refractivity contribution in [2.45, 2.75) is 13.5 Å². The lowest BCUT2D eigenvalue weighted by Gasteiger charge is -2.15. The summed E-state index contributed by atoms with van der Waals surface area (Å²) in [5, 5.41) is 2.09. The van der Waals surface area contributed by atoms with Gasteiger partial charge in [-0.25, -0.2) is 4.98 Å². The molecule has 3 nitrogen and oxygen atoms in total.